The van der Waals surface area contributed by atoms with Gasteiger partial charge in [-0.3, -0.25) is 9.59 Å². The van der Waals surface area contributed by atoms with E-state index >= 15 is 0 Å². The molecule has 1 saturated heterocycles. The standard InChI is InChI=1S/C19H23N3O5S/c1-25-15-8-13(9-16(10-15)26-2)18(24)22(11-14-4-3-6-27-14)12-17(23)21-19-20-5-7-28-19/h5,7-10,14H,3-4,6,11-12H2,1-2H3,(H,20,21,23). The summed E-state index contributed by atoms with van der Waals surface area (Å²) in [6.07, 6.45) is 3.34. The highest BCUT2D eigenvalue weighted by Gasteiger charge is 2.26. The first-order chi connectivity index (χ1) is 13.6. The minimum absolute atomic E-state index is 0.0795. The van der Waals surface area contributed by atoms with E-state index in [4.69, 9.17) is 14.2 Å². The van der Waals surface area contributed by atoms with E-state index in [0.717, 1.165) is 12.8 Å². The maximum Gasteiger partial charge on any atom is 0.254 e. The van der Waals surface area contributed by atoms with Gasteiger partial charge in [-0.15, -0.1) is 11.3 Å². The molecule has 1 N–H and O–H groups in total. The number of hydrogen-bond donors (Lipinski definition) is 1. The Morgan fingerprint density at radius 3 is 2.61 bits per heavy atom. The predicted molar refractivity (Wildman–Crippen MR) is 105 cm³/mol. The Bertz CT molecular complexity index is 784. The first kappa shape index (κ1) is 20.1. The zero-order valence-electron chi connectivity index (χ0n) is 15.8. The van der Waals surface area contributed by atoms with Gasteiger partial charge < -0.3 is 24.4 Å². The van der Waals surface area contributed by atoms with Gasteiger partial charge in [0.15, 0.2) is 5.13 Å². The summed E-state index contributed by atoms with van der Waals surface area (Å²) in [5.74, 6) is 0.414. The Balaban J connectivity index is 1.78. The molecule has 0 spiro atoms. The van der Waals surface area contributed by atoms with Gasteiger partial charge in [-0.25, -0.2) is 4.98 Å². The second-order valence-electron chi connectivity index (χ2n) is 6.31. The lowest BCUT2D eigenvalue weighted by Gasteiger charge is -2.25. The number of carbonyl (C=O) groups is 2. The molecule has 0 aliphatic carbocycles. The van der Waals surface area contributed by atoms with Gasteiger partial charge in [0.05, 0.1) is 20.3 Å². The number of nitrogens with zero attached hydrogens (tertiary/aromatic N) is 2. The third kappa shape index (κ3) is 5.20. The van der Waals surface area contributed by atoms with Crippen molar-refractivity contribution in [2.75, 3.05) is 39.2 Å². The van der Waals surface area contributed by atoms with Crippen molar-refractivity contribution >= 4 is 28.3 Å². The monoisotopic (exact) mass is 405 g/mol. The molecular weight excluding hydrogens is 382 g/mol. The quantitative estimate of drug-likeness (QED) is 0.725. The van der Waals surface area contributed by atoms with Crippen molar-refractivity contribution in [3.8, 4) is 11.5 Å². The van der Waals surface area contributed by atoms with Crippen LogP contribution in [0, 0.1) is 0 Å². The molecular formula is C19H23N3O5S. The molecule has 28 heavy (non-hydrogen) atoms. The zero-order valence-corrected chi connectivity index (χ0v) is 16.7. The molecule has 8 nitrogen and oxygen atoms in total. The molecule has 2 amide bonds. The van der Waals surface area contributed by atoms with Crippen LogP contribution in [0.3, 0.4) is 0 Å². The van der Waals surface area contributed by atoms with Crippen molar-refractivity contribution in [1.82, 2.24) is 9.88 Å². The average molecular weight is 405 g/mol. The number of hydrogen-bond acceptors (Lipinski definition) is 7. The number of benzene rings is 1. The van der Waals surface area contributed by atoms with Gasteiger partial charge in [0.2, 0.25) is 5.91 Å². The zero-order chi connectivity index (χ0) is 19.9. The van der Waals surface area contributed by atoms with Crippen LogP contribution in [0.25, 0.3) is 0 Å². The van der Waals surface area contributed by atoms with Crippen LogP contribution >= 0.6 is 11.3 Å². The van der Waals surface area contributed by atoms with Crippen LogP contribution < -0.4 is 14.8 Å². The number of methoxy groups -OCH3 is 2. The number of thiazole rings is 1. The summed E-state index contributed by atoms with van der Waals surface area (Å²) >= 11 is 1.32. The molecule has 1 unspecified atom stereocenters. The first-order valence-corrected chi connectivity index (χ1v) is 9.80. The normalized spacial score (nSPS) is 15.9. The SMILES string of the molecule is COc1cc(OC)cc(C(=O)N(CC(=O)Nc2nccs2)CC2CCCO2)c1. The van der Waals surface area contributed by atoms with Crippen LogP contribution in [0.15, 0.2) is 29.8 Å². The number of anilines is 1. The molecule has 1 aliphatic rings. The first-order valence-electron chi connectivity index (χ1n) is 8.92. The van der Waals surface area contributed by atoms with Gasteiger partial charge in [-0.2, -0.15) is 0 Å². The highest BCUT2D eigenvalue weighted by Crippen LogP contribution is 2.24. The van der Waals surface area contributed by atoms with Crippen molar-refractivity contribution in [3.05, 3.63) is 35.3 Å². The summed E-state index contributed by atoms with van der Waals surface area (Å²) in [5, 5.41) is 4.98. The summed E-state index contributed by atoms with van der Waals surface area (Å²) in [6.45, 7) is 0.909. The molecule has 0 bridgehead atoms. The summed E-state index contributed by atoms with van der Waals surface area (Å²) in [6, 6.07) is 4.95. The van der Waals surface area contributed by atoms with Crippen LogP contribution in [-0.2, 0) is 9.53 Å². The summed E-state index contributed by atoms with van der Waals surface area (Å²) in [7, 11) is 3.04. The molecule has 0 saturated carbocycles. The van der Waals surface area contributed by atoms with Crippen molar-refractivity contribution in [3.63, 3.8) is 0 Å². The highest BCUT2D eigenvalue weighted by atomic mass is 32.1. The van der Waals surface area contributed by atoms with Gasteiger partial charge in [0, 0.05) is 36.4 Å². The van der Waals surface area contributed by atoms with E-state index in [-0.39, 0.29) is 24.5 Å². The number of aromatic nitrogens is 1. The molecule has 1 aromatic carbocycles. The van der Waals surface area contributed by atoms with E-state index in [2.05, 4.69) is 10.3 Å². The van der Waals surface area contributed by atoms with E-state index in [0.29, 0.717) is 35.3 Å². The van der Waals surface area contributed by atoms with Crippen molar-refractivity contribution in [2.45, 2.75) is 18.9 Å². The van der Waals surface area contributed by atoms with Crippen LogP contribution in [0.1, 0.15) is 23.2 Å². The number of carbonyl (C=O) groups excluding carboxylic acids is 2. The maximum absolute atomic E-state index is 13.2. The molecule has 1 aromatic heterocycles. The molecule has 150 valence electrons. The molecule has 1 fully saturated rings. The molecule has 2 aromatic rings. The molecule has 9 heteroatoms. The van der Waals surface area contributed by atoms with Gasteiger partial charge in [-0.1, -0.05) is 0 Å². The van der Waals surface area contributed by atoms with Gasteiger partial charge in [0.25, 0.3) is 5.91 Å². The van der Waals surface area contributed by atoms with E-state index in [1.54, 1.807) is 29.8 Å². The molecule has 1 aliphatic heterocycles. The maximum atomic E-state index is 13.2. The van der Waals surface area contributed by atoms with Gasteiger partial charge in [-0.05, 0) is 25.0 Å². The fraction of sp³-hybridized carbons (Fsp3) is 0.421. The second kappa shape index (κ2) is 9.52. The lowest BCUT2D eigenvalue weighted by molar-refractivity contribution is -0.117. The fourth-order valence-corrected chi connectivity index (χ4v) is 3.53. The Labute approximate surface area is 167 Å². The fourth-order valence-electron chi connectivity index (χ4n) is 2.98. The number of rotatable bonds is 8. The van der Waals surface area contributed by atoms with E-state index in [1.165, 1.54) is 30.5 Å². The minimum atomic E-state index is -0.309. The third-order valence-electron chi connectivity index (χ3n) is 4.35. The Hall–Kier alpha value is -2.65. The van der Waals surface area contributed by atoms with Crippen molar-refractivity contribution < 1.29 is 23.8 Å². The molecule has 3 rings (SSSR count). The molecule has 2 heterocycles. The summed E-state index contributed by atoms with van der Waals surface area (Å²) in [5.41, 5.74) is 0.385. The number of nitrogens with one attached hydrogen (secondary N) is 1. The third-order valence-corrected chi connectivity index (χ3v) is 5.04. The lowest BCUT2D eigenvalue weighted by Crippen LogP contribution is -2.42. The average Bonchev–Trinajstić information content (AvgIpc) is 3.40. The van der Waals surface area contributed by atoms with Crippen LogP contribution in [0.4, 0.5) is 5.13 Å². The summed E-state index contributed by atoms with van der Waals surface area (Å²) < 4.78 is 16.2. The minimum Gasteiger partial charge on any atom is -0.497 e. The van der Waals surface area contributed by atoms with Gasteiger partial charge >= 0.3 is 0 Å². The van der Waals surface area contributed by atoms with Crippen molar-refractivity contribution in [2.24, 2.45) is 0 Å². The van der Waals surface area contributed by atoms with Crippen molar-refractivity contribution in [1.29, 1.82) is 0 Å². The Morgan fingerprint density at radius 1 is 1.29 bits per heavy atom. The molecule has 0 radical (unpaired) electrons. The number of amides is 2. The molecule has 1 atom stereocenters. The van der Waals surface area contributed by atoms with Crippen LogP contribution in [-0.4, -0.2) is 61.7 Å². The smallest absolute Gasteiger partial charge is 0.254 e. The Morgan fingerprint density at radius 2 is 2.04 bits per heavy atom. The van der Waals surface area contributed by atoms with Crippen LogP contribution in [0.5, 0.6) is 11.5 Å². The predicted octanol–water partition coefficient (Wildman–Crippen LogP) is 2.42. The van der Waals surface area contributed by atoms with Crippen LogP contribution in [0.2, 0.25) is 0 Å². The van der Waals surface area contributed by atoms with E-state index in [1.807, 2.05) is 0 Å². The lowest BCUT2D eigenvalue weighted by atomic mass is 10.1. The second-order valence-corrected chi connectivity index (χ2v) is 7.20. The van der Waals surface area contributed by atoms with E-state index < -0.39 is 0 Å². The van der Waals surface area contributed by atoms with E-state index in [9.17, 15) is 9.59 Å². The topological polar surface area (TPSA) is 90.0 Å². The number of ether oxygens (including phenoxy) is 3. The Kier molecular flexibility index (Phi) is 6.83. The highest BCUT2D eigenvalue weighted by molar-refractivity contribution is 7.13. The van der Waals surface area contributed by atoms with Gasteiger partial charge in [0.1, 0.15) is 18.0 Å². The largest absolute Gasteiger partial charge is 0.497 e. The summed E-state index contributed by atoms with van der Waals surface area (Å²) in [4.78, 5) is 31.2.